The molecule has 12 heteroatoms. The number of alkyl halides is 10. The third kappa shape index (κ3) is 3.17. The SMILES string of the molecule is O=C(CBr)c1ccc(C(F)(F)C(F)(F)C(F)(F)C(F)(F)F)cn1. The summed E-state index contributed by atoms with van der Waals surface area (Å²) in [5, 5.41) is -0.294. The van der Waals surface area contributed by atoms with Gasteiger partial charge >= 0.3 is 23.9 Å². The fourth-order valence-corrected chi connectivity index (χ4v) is 1.66. The Hall–Kier alpha value is -1.33. The first-order valence-electron chi connectivity index (χ1n) is 5.46. The predicted octanol–water partition coefficient (Wildman–Crippen LogP) is 4.58. The molecule has 0 N–H and O–H groups in total. The lowest BCUT2D eigenvalue weighted by molar-refractivity contribution is -0.399. The molecule has 23 heavy (non-hydrogen) atoms. The largest absolute Gasteiger partial charge is 0.460 e. The molecule has 0 aliphatic heterocycles. The lowest BCUT2D eigenvalue weighted by atomic mass is 9.98. The van der Waals surface area contributed by atoms with Crippen LogP contribution >= 0.6 is 15.9 Å². The average Bonchev–Trinajstić information content (AvgIpc) is 2.44. The molecule has 0 radical (unpaired) electrons. The maximum absolute atomic E-state index is 13.5. The zero-order chi connectivity index (χ0) is 18.3. The number of aromatic nitrogens is 1. The van der Waals surface area contributed by atoms with Crippen LogP contribution in [0, 0.1) is 0 Å². The van der Waals surface area contributed by atoms with Crippen molar-refractivity contribution < 1.29 is 44.3 Å². The van der Waals surface area contributed by atoms with E-state index >= 15 is 0 Å². The summed E-state index contributed by atoms with van der Waals surface area (Å²) in [5.74, 6) is -20.4. The van der Waals surface area contributed by atoms with Crippen molar-refractivity contribution in [2.75, 3.05) is 5.33 Å². The number of rotatable bonds is 5. The summed E-state index contributed by atoms with van der Waals surface area (Å²) in [6.07, 6.45) is -6.95. The monoisotopic (exact) mass is 417 g/mol. The number of carbonyl (C=O) groups excluding carboxylic acids is 1. The molecule has 0 saturated heterocycles. The Balaban J connectivity index is 3.32. The molecule has 0 bridgehead atoms. The van der Waals surface area contributed by atoms with Crippen LogP contribution in [0.2, 0.25) is 0 Å². The smallest absolute Gasteiger partial charge is 0.291 e. The average molecular weight is 418 g/mol. The van der Waals surface area contributed by atoms with Crippen molar-refractivity contribution in [3.63, 3.8) is 0 Å². The minimum absolute atomic E-state index is 0.0593. The molecule has 0 saturated carbocycles. The Morgan fingerprint density at radius 3 is 1.83 bits per heavy atom. The Morgan fingerprint density at radius 1 is 0.957 bits per heavy atom. The Bertz CT molecular complexity index is 582. The van der Waals surface area contributed by atoms with E-state index in [-0.39, 0.29) is 17.6 Å². The normalized spacial score (nSPS) is 14.0. The van der Waals surface area contributed by atoms with Gasteiger partial charge in [0.1, 0.15) is 5.69 Å². The van der Waals surface area contributed by atoms with Gasteiger partial charge in [-0.25, -0.2) is 0 Å². The van der Waals surface area contributed by atoms with Crippen LogP contribution in [0.25, 0.3) is 0 Å². The van der Waals surface area contributed by atoms with E-state index in [0.717, 1.165) is 0 Å². The molecule has 0 aliphatic carbocycles. The van der Waals surface area contributed by atoms with Crippen molar-refractivity contribution in [1.82, 2.24) is 4.98 Å². The van der Waals surface area contributed by atoms with Crippen molar-refractivity contribution in [3.8, 4) is 0 Å². The summed E-state index contributed by atoms with van der Waals surface area (Å²) in [6.45, 7) is 0. The minimum atomic E-state index is -6.98. The number of pyridine rings is 1. The van der Waals surface area contributed by atoms with Crippen molar-refractivity contribution in [1.29, 1.82) is 0 Å². The van der Waals surface area contributed by atoms with Crippen LogP contribution in [0.15, 0.2) is 18.3 Å². The summed E-state index contributed by atoms with van der Waals surface area (Å²) >= 11 is 2.71. The lowest BCUT2D eigenvalue weighted by Crippen LogP contribution is -2.59. The molecular weight excluding hydrogens is 413 g/mol. The van der Waals surface area contributed by atoms with Crippen LogP contribution in [0.1, 0.15) is 16.1 Å². The van der Waals surface area contributed by atoms with E-state index in [2.05, 4.69) is 20.9 Å². The highest BCUT2D eigenvalue weighted by atomic mass is 79.9. The van der Waals surface area contributed by atoms with Crippen molar-refractivity contribution in [2.45, 2.75) is 23.9 Å². The van der Waals surface area contributed by atoms with Gasteiger partial charge in [-0.1, -0.05) is 15.9 Å². The summed E-state index contributed by atoms with van der Waals surface area (Å²) in [6, 6.07) is 0.637. The quantitative estimate of drug-likeness (QED) is 0.398. The predicted molar refractivity (Wildman–Crippen MR) is 62.2 cm³/mol. The molecule has 1 rings (SSSR count). The van der Waals surface area contributed by atoms with Crippen LogP contribution in [0.4, 0.5) is 39.5 Å². The molecule has 0 fully saturated rings. The molecule has 0 unspecified atom stereocenters. The number of nitrogens with zero attached hydrogens (tertiary/aromatic N) is 1. The third-order valence-electron chi connectivity index (χ3n) is 2.68. The Kier molecular flexibility index (Phi) is 5.10. The number of hydrogen-bond donors (Lipinski definition) is 0. The van der Waals surface area contributed by atoms with E-state index in [0.29, 0.717) is 6.07 Å². The standard InChI is InChI=1S/C11H5BrF9NO/c12-3-7(23)6-2-1-5(4-22-6)8(13,14)9(15,16)10(17,18)11(19,20)21/h1-2,4H,3H2. The van der Waals surface area contributed by atoms with Crippen molar-refractivity contribution >= 4 is 21.7 Å². The van der Waals surface area contributed by atoms with Gasteiger partial charge in [0.2, 0.25) is 0 Å². The van der Waals surface area contributed by atoms with E-state index in [1.807, 2.05) is 0 Å². The first-order valence-corrected chi connectivity index (χ1v) is 6.58. The topological polar surface area (TPSA) is 30.0 Å². The van der Waals surface area contributed by atoms with Crippen LogP contribution in [-0.4, -0.2) is 34.1 Å². The highest BCUT2D eigenvalue weighted by Crippen LogP contribution is 2.56. The summed E-state index contributed by atoms with van der Waals surface area (Å²) < 4.78 is 115. The van der Waals surface area contributed by atoms with Gasteiger partial charge < -0.3 is 0 Å². The molecule has 130 valence electrons. The Labute approximate surface area is 130 Å². The third-order valence-corrected chi connectivity index (χ3v) is 3.19. The van der Waals surface area contributed by atoms with E-state index in [9.17, 15) is 44.3 Å². The number of carbonyl (C=O) groups is 1. The molecule has 1 aromatic heterocycles. The van der Waals surface area contributed by atoms with Gasteiger partial charge in [-0.3, -0.25) is 9.78 Å². The molecule has 2 nitrogen and oxygen atoms in total. The first-order chi connectivity index (χ1) is 10.2. The summed E-state index contributed by atoms with van der Waals surface area (Å²) in [5.41, 5.74) is -2.36. The van der Waals surface area contributed by atoms with Gasteiger partial charge in [-0.2, -0.15) is 39.5 Å². The highest BCUT2D eigenvalue weighted by Gasteiger charge is 2.82. The first kappa shape index (κ1) is 19.7. The maximum atomic E-state index is 13.5. The van der Waals surface area contributed by atoms with Crippen LogP contribution in [-0.2, 0) is 5.92 Å². The van der Waals surface area contributed by atoms with Gasteiger partial charge in [-0.05, 0) is 12.1 Å². The number of hydrogen-bond acceptors (Lipinski definition) is 2. The number of halogens is 10. The van der Waals surface area contributed by atoms with Crippen LogP contribution < -0.4 is 0 Å². The van der Waals surface area contributed by atoms with E-state index in [1.165, 1.54) is 0 Å². The molecule has 0 amide bonds. The van der Waals surface area contributed by atoms with Gasteiger partial charge in [0.25, 0.3) is 0 Å². The van der Waals surface area contributed by atoms with Crippen LogP contribution in [0.3, 0.4) is 0 Å². The zero-order valence-corrected chi connectivity index (χ0v) is 12.2. The Morgan fingerprint density at radius 2 is 1.48 bits per heavy atom. The molecule has 0 aliphatic rings. The van der Waals surface area contributed by atoms with Gasteiger partial charge in [-0.15, -0.1) is 0 Å². The molecule has 0 atom stereocenters. The van der Waals surface area contributed by atoms with E-state index in [4.69, 9.17) is 0 Å². The second kappa shape index (κ2) is 5.95. The van der Waals surface area contributed by atoms with Gasteiger partial charge in [0.15, 0.2) is 5.78 Å². The van der Waals surface area contributed by atoms with Gasteiger partial charge in [0, 0.05) is 11.8 Å². The molecule has 1 heterocycles. The highest BCUT2D eigenvalue weighted by molar-refractivity contribution is 9.09. The molecular formula is C11H5BrF9NO. The van der Waals surface area contributed by atoms with Gasteiger partial charge in [0.05, 0.1) is 5.33 Å². The fraction of sp³-hybridized carbons (Fsp3) is 0.455. The molecule has 0 spiro atoms. The van der Waals surface area contributed by atoms with E-state index < -0.39 is 41.0 Å². The lowest BCUT2D eigenvalue weighted by Gasteiger charge is -2.33. The second-order valence-electron chi connectivity index (χ2n) is 4.21. The zero-order valence-electron chi connectivity index (χ0n) is 10.6. The number of Topliss-reactive ketones (excluding diaryl/α,β-unsaturated/α-hetero) is 1. The minimum Gasteiger partial charge on any atom is -0.291 e. The van der Waals surface area contributed by atoms with E-state index in [1.54, 1.807) is 0 Å². The summed E-state index contributed by atoms with van der Waals surface area (Å²) in [4.78, 5) is 14.2. The number of ketones is 1. The molecule has 1 aromatic rings. The van der Waals surface area contributed by atoms with Crippen molar-refractivity contribution in [2.24, 2.45) is 0 Å². The summed E-state index contributed by atoms with van der Waals surface area (Å²) in [7, 11) is 0. The van der Waals surface area contributed by atoms with Crippen LogP contribution in [0.5, 0.6) is 0 Å². The maximum Gasteiger partial charge on any atom is 0.460 e. The van der Waals surface area contributed by atoms with Crippen molar-refractivity contribution in [3.05, 3.63) is 29.6 Å². The second-order valence-corrected chi connectivity index (χ2v) is 4.77. The molecule has 0 aromatic carbocycles. The fourth-order valence-electron chi connectivity index (χ4n) is 1.37.